The standard InChI is InChI=1S/C9H5BrCl2N2O2S/c10-6-4-7(11)8(12)5-9(6)17(15,16)14-3-1-2-13-14/h1-5H. The minimum absolute atomic E-state index is 0.00981. The minimum Gasteiger partial charge on any atom is -0.199 e. The molecule has 8 heteroatoms. The van der Waals surface area contributed by atoms with Crippen molar-refractivity contribution in [1.29, 1.82) is 0 Å². The average Bonchev–Trinajstić information content (AvgIpc) is 2.77. The molecule has 90 valence electrons. The molecule has 0 saturated heterocycles. The van der Waals surface area contributed by atoms with Crippen molar-refractivity contribution in [3.63, 3.8) is 0 Å². The lowest BCUT2D eigenvalue weighted by Gasteiger charge is -2.07. The Morgan fingerprint density at radius 1 is 1.24 bits per heavy atom. The van der Waals surface area contributed by atoms with Gasteiger partial charge < -0.3 is 0 Å². The van der Waals surface area contributed by atoms with Crippen molar-refractivity contribution in [2.75, 3.05) is 0 Å². The van der Waals surface area contributed by atoms with E-state index in [2.05, 4.69) is 21.0 Å². The van der Waals surface area contributed by atoms with E-state index in [4.69, 9.17) is 23.2 Å². The van der Waals surface area contributed by atoms with Crippen molar-refractivity contribution in [2.45, 2.75) is 4.90 Å². The van der Waals surface area contributed by atoms with Crippen molar-refractivity contribution in [3.8, 4) is 0 Å². The maximum absolute atomic E-state index is 12.1. The number of benzene rings is 1. The third-order valence-electron chi connectivity index (χ3n) is 1.98. The molecule has 0 bridgehead atoms. The van der Waals surface area contributed by atoms with E-state index < -0.39 is 10.0 Å². The molecule has 1 aromatic carbocycles. The summed E-state index contributed by atoms with van der Waals surface area (Å²) in [6.07, 6.45) is 2.72. The van der Waals surface area contributed by atoms with Gasteiger partial charge in [-0.15, -0.1) is 0 Å². The van der Waals surface area contributed by atoms with Gasteiger partial charge in [0.1, 0.15) is 4.90 Å². The average molecular weight is 356 g/mol. The van der Waals surface area contributed by atoms with Crippen LogP contribution in [0.5, 0.6) is 0 Å². The number of nitrogens with zero attached hydrogens (tertiary/aromatic N) is 2. The molecule has 2 aromatic rings. The molecule has 17 heavy (non-hydrogen) atoms. The van der Waals surface area contributed by atoms with E-state index in [1.807, 2.05) is 0 Å². The predicted octanol–water partition coefficient (Wildman–Crippen LogP) is 3.19. The van der Waals surface area contributed by atoms with Gasteiger partial charge in [-0.2, -0.15) is 17.6 Å². The van der Waals surface area contributed by atoms with Crippen LogP contribution in [0.15, 0.2) is 40.0 Å². The van der Waals surface area contributed by atoms with Crippen molar-refractivity contribution in [2.24, 2.45) is 0 Å². The topological polar surface area (TPSA) is 52.0 Å². The molecule has 2 rings (SSSR count). The van der Waals surface area contributed by atoms with Crippen LogP contribution >= 0.6 is 39.1 Å². The molecule has 0 fully saturated rings. The lowest BCUT2D eigenvalue weighted by atomic mass is 10.4. The van der Waals surface area contributed by atoms with E-state index in [9.17, 15) is 8.42 Å². The largest absolute Gasteiger partial charge is 0.284 e. The summed E-state index contributed by atoms with van der Waals surface area (Å²) in [4.78, 5) is 0.00981. The highest BCUT2D eigenvalue weighted by Crippen LogP contribution is 2.32. The van der Waals surface area contributed by atoms with Crippen LogP contribution in [-0.2, 0) is 10.0 Å². The molecular weight excluding hydrogens is 351 g/mol. The Hall–Kier alpha value is -0.560. The zero-order chi connectivity index (χ0) is 12.6. The van der Waals surface area contributed by atoms with E-state index in [-0.39, 0.29) is 14.9 Å². The van der Waals surface area contributed by atoms with Crippen LogP contribution in [0.25, 0.3) is 0 Å². The first-order chi connectivity index (χ1) is 7.93. The van der Waals surface area contributed by atoms with Crippen LogP contribution in [0.3, 0.4) is 0 Å². The fraction of sp³-hybridized carbons (Fsp3) is 0. The van der Waals surface area contributed by atoms with E-state index in [0.29, 0.717) is 4.47 Å². The van der Waals surface area contributed by atoms with Crippen LogP contribution in [0.2, 0.25) is 10.0 Å². The molecule has 0 N–H and O–H groups in total. The van der Waals surface area contributed by atoms with E-state index >= 15 is 0 Å². The monoisotopic (exact) mass is 354 g/mol. The lowest BCUT2D eigenvalue weighted by molar-refractivity contribution is 0.579. The second-order valence-corrected chi connectivity index (χ2v) is 6.51. The van der Waals surface area contributed by atoms with Gasteiger partial charge >= 0.3 is 0 Å². The second-order valence-electron chi connectivity index (χ2n) is 3.08. The first-order valence-electron chi connectivity index (χ1n) is 4.32. The molecule has 0 aliphatic heterocycles. The summed E-state index contributed by atoms with van der Waals surface area (Å²) in [5.74, 6) is 0. The highest BCUT2D eigenvalue weighted by molar-refractivity contribution is 9.10. The number of aromatic nitrogens is 2. The summed E-state index contributed by atoms with van der Waals surface area (Å²) in [5, 5.41) is 4.13. The van der Waals surface area contributed by atoms with Crippen LogP contribution in [0, 0.1) is 0 Å². The van der Waals surface area contributed by atoms with Crippen LogP contribution in [-0.4, -0.2) is 17.6 Å². The van der Waals surface area contributed by atoms with Gasteiger partial charge in [-0.05, 0) is 34.1 Å². The van der Waals surface area contributed by atoms with E-state index in [1.165, 1.54) is 30.6 Å². The quantitative estimate of drug-likeness (QED) is 0.777. The van der Waals surface area contributed by atoms with Gasteiger partial charge in [0.15, 0.2) is 0 Å². The summed E-state index contributed by atoms with van der Waals surface area (Å²) >= 11 is 14.7. The Kier molecular flexibility index (Phi) is 3.49. The lowest BCUT2D eigenvalue weighted by Crippen LogP contribution is -2.14. The zero-order valence-corrected chi connectivity index (χ0v) is 12.1. The molecule has 4 nitrogen and oxygen atoms in total. The summed E-state index contributed by atoms with van der Waals surface area (Å²) < 4.78 is 25.5. The molecule has 1 heterocycles. The maximum atomic E-state index is 12.1. The molecule has 1 aromatic heterocycles. The first-order valence-corrected chi connectivity index (χ1v) is 7.31. The van der Waals surface area contributed by atoms with Crippen LogP contribution in [0.1, 0.15) is 0 Å². The Morgan fingerprint density at radius 3 is 2.47 bits per heavy atom. The predicted molar refractivity (Wildman–Crippen MR) is 69.0 cm³/mol. The Labute approximate surface area is 116 Å². The van der Waals surface area contributed by atoms with Crippen molar-refractivity contribution in [3.05, 3.63) is 45.1 Å². The molecule has 0 atom stereocenters. The van der Waals surface area contributed by atoms with Crippen LogP contribution < -0.4 is 0 Å². The van der Waals surface area contributed by atoms with Gasteiger partial charge in [0.2, 0.25) is 0 Å². The normalized spacial score (nSPS) is 11.7. The maximum Gasteiger partial charge on any atom is 0.284 e. The van der Waals surface area contributed by atoms with Gasteiger partial charge in [-0.3, -0.25) is 0 Å². The van der Waals surface area contributed by atoms with E-state index in [0.717, 1.165) is 4.09 Å². The summed E-state index contributed by atoms with van der Waals surface area (Å²) in [7, 11) is -3.75. The summed E-state index contributed by atoms with van der Waals surface area (Å²) in [6.45, 7) is 0. The highest BCUT2D eigenvalue weighted by atomic mass is 79.9. The first kappa shape index (κ1) is 12.9. The van der Waals surface area contributed by atoms with Gasteiger partial charge in [0, 0.05) is 10.7 Å². The third kappa shape index (κ3) is 2.35. The molecule has 0 aliphatic carbocycles. The fourth-order valence-corrected chi connectivity index (χ4v) is 3.86. The molecular formula is C9H5BrCl2N2O2S. The third-order valence-corrected chi connectivity index (χ3v) is 5.22. The van der Waals surface area contributed by atoms with Crippen molar-refractivity contribution < 1.29 is 8.42 Å². The van der Waals surface area contributed by atoms with E-state index in [1.54, 1.807) is 0 Å². The molecule has 0 saturated carbocycles. The Balaban J connectivity index is 2.67. The number of rotatable bonds is 2. The van der Waals surface area contributed by atoms with Crippen molar-refractivity contribution >= 4 is 49.2 Å². The van der Waals surface area contributed by atoms with Crippen molar-refractivity contribution in [1.82, 2.24) is 9.19 Å². The highest BCUT2D eigenvalue weighted by Gasteiger charge is 2.21. The summed E-state index contributed by atoms with van der Waals surface area (Å²) in [6, 6.07) is 4.23. The van der Waals surface area contributed by atoms with Crippen LogP contribution in [0.4, 0.5) is 0 Å². The number of halogens is 3. The summed E-state index contributed by atoms with van der Waals surface area (Å²) in [5.41, 5.74) is 0. The number of hydrogen-bond donors (Lipinski definition) is 0. The molecule has 0 spiro atoms. The minimum atomic E-state index is -3.75. The fourth-order valence-electron chi connectivity index (χ4n) is 1.20. The van der Waals surface area contributed by atoms with Gasteiger partial charge in [-0.25, -0.2) is 0 Å². The Bertz CT molecular complexity index is 656. The van der Waals surface area contributed by atoms with Gasteiger partial charge in [-0.1, -0.05) is 23.2 Å². The smallest absolute Gasteiger partial charge is 0.199 e. The molecule has 0 unspecified atom stereocenters. The second kappa shape index (κ2) is 4.61. The molecule has 0 aliphatic rings. The SMILES string of the molecule is O=S(=O)(c1cc(Cl)c(Cl)cc1Br)n1cccn1. The van der Waals surface area contributed by atoms with Gasteiger partial charge in [0.05, 0.1) is 16.2 Å². The molecule has 0 amide bonds. The zero-order valence-electron chi connectivity index (χ0n) is 8.14. The van der Waals surface area contributed by atoms with Gasteiger partial charge in [0.25, 0.3) is 10.0 Å². The number of hydrogen-bond acceptors (Lipinski definition) is 3. The Morgan fingerprint density at radius 2 is 1.88 bits per heavy atom. The molecule has 0 radical (unpaired) electrons.